The predicted octanol–water partition coefficient (Wildman–Crippen LogP) is 0.750. The summed E-state index contributed by atoms with van der Waals surface area (Å²) in [5.41, 5.74) is 5.50. The number of carbonyl (C=O) groups excluding carboxylic acids is 1. The molecule has 3 atom stereocenters. The topological polar surface area (TPSA) is 64.4 Å². The normalized spacial score (nSPS) is 26.7. The number of nitrogens with one attached hydrogen (secondary N) is 1. The van der Waals surface area contributed by atoms with Crippen molar-refractivity contribution in [2.24, 2.45) is 5.73 Å². The summed E-state index contributed by atoms with van der Waals surface area (Å²) in [5, 5.41) is 2.98. The van der Waals surface area contributed by atoms with Gasteiger partial charge < -0.3 is 15.8 Å². The first-order valence-electron chi connectivity index (χ1n) is 5.82. The van der Waals surface area contributed by atoms with Crippen molar-refractivity contribution >= 4 is 17.7 Å². The molecule has 0 aromatic carbocycles. The van der Waals surface area contributed by atoms with Gasteiger partial charge in [-0.15, -0.1) is 0 Å². The molecular weight excluding hydrogens is 224 g/mol. The molecule has 3 N–H and O–H groups in total. The van der Waals surface area contributed by atoms with Crippen LogP contribution in [0.1, 0.15) is 26.2 Å². The molecule has 0 aromatic rings. The van der Waals surface area contributed by atoms with Gasteiger partial charge in [-0.1, -0.05) is 0 Å². The fourth-order valence-electron chi connectivity index (χ4n) is 1.77. The first-order valence-corrected chi connectivity index (χ1v) is 7.21. The van der Waals surface area contributed by atoms with Gasteiger partial charge in [0.25, 0.3) is 0 Å². The summed E-state index contributed by atoms with van der Waals surface area (Å²) in [6.07, 6.45) is 4.54. The summed E-state index contributed by atoms with van der Waals surface area (Å²) in [6.45, 7) is 2.54. The lowest BCUT2D eigenvalue weighted by Crippen LogP contribution is -2.40. The average molecular weight is 246 g/mol. The van der Waals surface area contributed by atoms with E-state index < -0.39 is 0 Å². The molecule has 94 valence electrons. The Balaban J connectivity index is 2.24. The molecule has 1 fully saturated rings. The molecule has 1 aliphatic heterocycles. The Labute approximate surface area is 102 Å². The minimum absolute atomic E-state index is 0.0181. The Morgan fingerprint density at radius 1 is 1.62 bits per heavy atom. The van der Waals surface area contributed by atoms with Crippen molar-refractivity contribution in [2.45, 2.75) is 44.4 Å². The molecule has 0 aliphatic carbocycles. The van der Waals surface area contributed by atoms with Crippen LogP contribution in [0.25, 0.3) is 0 Å². The second kappa shape index (κ2) is 7.14. The van der Waals surface area contributed by atoms with E-state index in [1.807, 2.05) is 6.92 Å². The van der Waals surface area contributed by atoms with Crippen molar-refractivity contribution in [1.82, 2.24) is 5.32 Å². The largest absolute Gasteiger partial charge is 0.364 e. The third-order valence-corrected chi connectivity index (χ3v) is 3.45. The van der Waals surface area contributed by atoms with E-state index in [4.69, 9.17) is 10.5 Å². The SMILES string of the molecule is CSCCC(C)NC(=O)C1CCC(CN)O1. The molecule has 0 radical (unpaired) electrons. The number of amides is 1. The van der Waals surface area contributed by atoms with Crippen LogP contribution in [-0.4, -0.2) is 42.7 Å². The first-order chi connectivity index (χ1) is 7.67. The molecule has 1 heterocycles. The van der Waals surface area contributed by atoms with E-state index in [1.54, 1.807) is 11.8 Å². The zero-order valence-electron chi connectivity index (χ0n) is 10.1. The van der Waals surface area contributed by atoms with Crippen LogP contribution in [0.5, 0.6) is 0 Å². The number of thioether (sulfide) groups is 1. The van der Waals surface area contributed by atoms with Gasteiger partial charge >= 0.3 is 0 Å². The van der Waals surface area contributed by atoms with Gasteiger partial charge in [0.2, 0.25) is 5.91 Å². The molecule has 0 aromatic heterocycles. The van der Waals surface area contributed by atoms with Crippen LogP contribution in [-0.2, 0) is 9.53 Å². The Kier molecular flexibility index (Phi) is 6.16. The summed E-state index contributed by atoms with van der Waals surface area (Å²) in [7, 11) is 0. The second-order valence-electron chi connectivity index (χ2n) is 4.25. The monoisotopic (exact) mass is 246 g/mol. The van der Waals surface area contributed by atoms with E-state index in [0.717, 1.165) is 25.0 Å². The highest BCUT2D eigenvalue weighted by Gasteiger charge is 2.30. The quantitative estimate of drug-likeness (QED) is 0.726. The maximum atomic E-state index is 11.8. The van der Waals surface area contributed by atoms with Crippen LogP contribution in [0.4, 0.5) is 0 Å². The van der Waals surface area contributed by atoms with Crippen LogP contribution < -0.4 is 11.1 Å². The van der Waals surface area contributed by atoms with Crippen molar-refractivity contribution in [2.75, 3.05) is 18.6 Å². The molecule has 1 saturated heterocycles. The van der Waals surface area contributed by atoms with Crippen molar-refractivity contribution < 1.29 is 9.53 Å². The Morgan fingerprint density at radius 2 is 2.38 bits per heavy atom. The second-order valence-corrected chi connectivity index (χ2v) is 5.24. The van der Waals surface area contributed by atoms with Crippen molar-refractivity contribution in [1.29, 1.82) is 0 Å². The van der Waals surface area contributed by atoms with Crippen LogP contribution in [0.3, 0.4) is 0 Å². The molecule has 1 amide bonds. The summed E-state index contributed by atoms with van der Waals surface area (Å²) in [5.74, 6) is 1.09. The number of rotatable bonds is 6. The third kappa shape index (κ3) is 4.31. The molecule has 4 nitrogen and oxygen atoms in total. The zero-order chi connectivity index (χ0) is 12.0. The fraction of sp³-hybridized carbons (Fsp3) is 0.909. The lowest BCUT2D eigenvalue weighted by atomic mass is 10.1. The van der Waals surface area contributed by atoms with Crippen LogP contribution in [0, 0.1) is 0 Å². The maximum Gasteiger partial charge on any atom is 0.249 e. The zero-order valence-corrected chi connectivity index (χ0v) is 10.9. The summed E-state index contributed by atoms with van der Waals surface area (Å²) in [6, 6.07) is 0.223. The standard InChI is InChI=1S/C11H22N2O2S/c1-8(5-6-16-2)13-11(14)10-4-3-9(7-12)15-10/h8-10H,3-7,12H2,1-2H3,(H,13,14). The molecule has 1 rings (SSSR count). The lowest BCUT2D eigenvalue weighted by Gasteiger charge is -2.17. The molecule has 0 spiro atoms. The van der Waals surface area contributed by atoms with E-state index in [1.165, 1.54) is 0 Å². The van der Waals surface area contributed by atoms with Gasteiger partial charge in [0.05, 0.1) is 6.10 Å². The minimum Gasteiger partial charge on any atom is -0.364 e. The highest BCUT2D eigenvalue weighted by atomic mass is 32.2. The Morgan fingerprint density at radius 3 is 2.94 bits per heavy atom. The summed E-state index contributed by atoms with van der Waals surface area (Å²) >= 11 is 1.79. The van der Waals surface area contributed by atoms with Gasteiger partial charge in [-0.05, 0) is 38.2 Å². The van der Waals surface area contributed by atoms with E-state index in [2.05, 4.69) is 11.6 Å². The number of hydrogen-bond donors (Lipinski definition) is 2. The van der Waals surface area contributed by atoms with E-state index in [9.17, 15) is 4.79 Å². The van der Waals surface area contributed by atoms with Crippen LogP contribution >= 0.6 is 11.8 Å². The van der Waals surface area contributed by atoms with Gasteiger partial charge in [-0.3, -0.25) is 4.79 Å². The highest BCUT2D eigenvalue weighted by molar-refractivity contribution is 7.98. The van der Waals surface area contributed by atoms with E-state index in [0.29, 0.717) is 6.54 Å². The van der Waals surface area contributed by atoms with Crippen LogP contribution in [0.2, 0.25) is 0 Å². The Bertz CT molecular complexity index is 226. The molecule has 1 aliphatic rings. The van der Waals surface area contributed by atoms with Gasteiger partial charge in [-0.25, -0.2) is 0 Å². The first kappa shape index (κ1) is 13.8. The summed E-state index contributed by atoms with van der Waals surface area (Å²) < 4.78 is 5.54. The van der Waals surface area contributed by atoms with Gasteiger partial charge in [0.15, 0.2) is 0 Å². The smallest absolute Gasteiger partial charge is 0.249 e. The van der Waals surface area contributed by atoms with Gasteiger partial charge in [0.1, 0.15) is 6.10 Å². The molecule has 5 heteroatoms. The summed E-state index contributed by atoms with van der Waals surface area (Å²) in [4.78, 5) is 11.8. The highest BCUT2D eigenvalue weighted by Crippen LogP contribution is 2.19. The van der Waals surface area contributed by atoms with Crippen molar-refractivity contribution in [3.8, 4) is 0 Å². The van der Waals surface area contributed by atoms with E-state index in [-0.39, 0.29) is 24.2 Å². The molecule has 3 unspecified atom stereocenters. The number of ether oxygens (including phenoxy) is 1. The van der Waals surface area contributed by atoms with Crippen LogP contribution in [0.15, 0.2) is 0 Å². The molecule has 0 bridgehead atoms. The van der Waals surface area contributed by atoms with Crippen molar-refractivity contribution in [3.05, 3.63) is 0 Å². The minimum atomic E-state index is -0.287. The molecular formula is C11H22N2O2S. The lowest BCUT2D eigenvalue weighted by molar-refractivity contribution is -0.132. The van der Waals surface area contributed by atoms with E-state index >= 15 is 0 Å². The number of carbonyl (C=O) groups is 1. The van der Waals surface area contributed by atoms with Crippen molar-refractivity contribution in [3.63, 3.8) is 0 Å². The number of hydrogen-bond acceptors (Lipinski definition) is 4. The molecule has 0 saturated carbocycles. The third-order valence-electron chi connectivity index (χ3n) is 2.81. The molecule has 16 heavy (non-hydrogen) atoms. The average Bonchev–Trinajstić information content (AvgIpc) is 2.74. The number of nitrogens with two attached hydrogens (primary N) is 1. The predicted molar refractivity (Wildman–Crippen MR) is 67.6 cm³/mol. The van der Waals surface area contributed by atoms with Gasteiger partial charge in [-0.2, -0.15) is 11.8 Å². The maximum absolute atomic E-state index is 11.8. The fourth-order valence-corrected chi connectivity index (χ4v) is 2.36. The van der Waals surface area contributed by atoms with Gasteiger partial charge in [0, 0.05) is 12.6 Å². The Hall–Kier alpha value is -0.260.